The molecule has 2 spiro atoms. The predicted molar refractivity (Wildman–Crippen MR) is 277 cm³/mol. The number of rotatable bonds is 0. The highest BCUT2D eigenvalue weighted by molar-refractivity contribution is 6.08. The summed E-state index contributed by atoms with van der Waals surface area (Å²) in [5.41, 5.74) is 12.0. The van der Waals surface area contributed by atoms with Crippen LogP contribution in [-0.2, 0) is 10.8 Å². The van der Waals surface area contributed by atoms with Gasteiger partial charge < -0.3 is 31.2 Å². The van der Waals surface area contributed by atoms with E-state index in [1.807, 2.05) is 55.4 Å². The minimum atomic E-state index is -0.542. The van der Waals surface area contributed by atoms with Crippen LogP contribution in [0.4, 0.5) is 22.7 Å². The molecule has 6 N–H and O–H groups in total. The van der Waals surface area contributed by atoms with Crippen molar-refractivity contribution >= 4 is 46.4 Å². The molecule has 2 fully saturated rings. The third-order valence-electron chi connectivity index (χ3n) is 15.4. The van der Waals surface area contributed by atoms with Crippen LogP contribution in [-0.4, -0.2) is 33.6 Å². The molecule has 10 aliphatic heterocycles. The summed E-state index contributed by atoms with van der Waals surface area (Å²) in [5.74, 6) is -2.17. The van der Waals surface area contributed by atoms with E-state index in [9.17, 15) is 28.8 Å². The second-order valence-corrected chi connectivity index (χ2v) is 20.3. The first kappa shape index (κ1) is 47.7. The van der Waals surface area contributed by atoms with E-state index in [0.29, 0.717) is 22.7 Å². The standard InChI is InChI=1S/C58H62N6O6/c1-31-19-39-20-32(2)49(31)61-53(67)45-27-43(65)28-46(59-45)54(68)63-51-35(5)23-41(24-36(51)6)58(17-13-10-14-18-58)42-25-37(7)52(38(8)26-42)64-56(70)48-30-44(66)29-47(60-48)55(69)62-50-33(3)21-40(22-34(50)4)57(39)15-11-9-12-16-57/h19-30H,9-18H2,1-8H3,(H,59,65)(H,60,66)(H,61,67)(H,62,69)(H,63,68)(H,64,70). The minimum absolute atomic E-state index is 0.0355. The third kappa shape index (κ3) is 8.80. The Kier molecular flexibility index (Phi) is 12.6. The van der Waals surface area contributed by atoms with Gasteiger partial charge in [0.05, 0.1) is 0 Å². The maximum Gasteiger partial charge on any atom is 0.272 e. The lowest BCUT2D eigenvalue weighted by Gasteiger charge is -2.40. The van der Waals surface area contributed by atoms with E-state index in [0.717, 1.165) is 131 Å². The molecule has 2 saturated carbocycles. The molecule has 12 heterocycles. The average Bonchev–Trinajstić information content (AvgIpc) is 3.32. The summed E-state index contributed by atoms with van der Waals surface area (Å²) in [5, 5.41) is 12.2. The number of amides is 4. The summed E-state index contributed by atoms with van der Waals surface area (Å²) in [7, 11) is 0. The first-order valence-corrected chi connectivity index (χ1v) is 24.6. The number of H-pyrrole nitrogens is 2. The molecule has 12 aliphatic rings. The van der Waals surface area contributed by atoms with Crippen LogP contribution >= 0.6 is 0 Å². The molecule has 18 rings (SSSR count). The number of hydrogen-bond acceptors (Lipinski definition) is 6. The predicted octanol–water partition coefficient (Wildman–Crippen LogP) is 11.4. The van der Waals surface area contributed by atoms with Crippen LogP contribution in [0.3, 0.4) is 0 Å². The molecule has 12 heteroatoms. The van der Waals surface area contributed by atoms with Gasteiger partial charge in [-0.25, -0.2) is 0 Å². The summed E-state index contributed by atoms with van der Waals surface area (Å²) >= 11 is 0. The van der Waals surface area contributed by atoms with Gasteiger partial charge in [0, 0.05) is 57.8 Å². The zero-order valence-corrected chi connectivity index (χ0v) is 41.4. The molecule has 2 aromatic heterocycles. The second-order valence-electron chi connectivity index (χ2n) is 20.3. The fourth-order valence-electron chi connectivity index (χ4n) is 11.8. The van der Waals surface area contributed by atoms with Crippen LogP contribution in [0.1, 0.15) is 173 Å². The van der Waals surface area contributed by atoms with E-state index < -0.39 is 34.5 Å². The van der Waals surface area contributed by atoms with Crippen molar-refractivity contribution in [2.24, 2.45) is 0 Å². The number of nitrogens with one attached hydrogen (secondary N) is 6. The Balaban J connectivity index is 1.16. The number of aromatic nitrogens is 2. The van der Waals surface area contributed by atoms with Gasteiger partial charge in [-0.05, 0) is 148 Å². The zero-order valence-electron chi connectivity index (χ0n) is 41.4. The molecule has 4 aromatic carbocycles. The van der Waals surface area contributed by atoms with Crippen molar-refractivity contribution in [3.8, 4) is 0 Å². The number of aromatic amines is 2. The van der Waals surface area contributed by atoms with E-state index in [-0.39, 0.29) is 33.6 Å². The minimum Gasteiger partial charge on any atom is -0.346 e. The normalized spacial score (nSPS) is 16.9. The number of anilines is 4. The maximum atomic E-state index is 14.0. The molecule has 0 saturated heterocycles. The smallest absolute Gasteiger partial charge is 0.272 e. The van der Waals surface area contributed by atoms with Crippen molar-refractivity contribution in [1.82, 2.24) is 9.97 Å². The molecule has 12 bridgehead atoms. The van der Waals surface area contributed by atoms with Gasteiger partial charge in [0.15, 0.2) is 10.9 Å². The Morgan fingerprint density at radius 2 is 0.500 bits per heavy atom. The molecule has 0 radical (unpaired) electrons. The fraction of sp³-hybridized carbons (Fsp3) is 0.345. The summed E-state index contributed by atoms with van der Waals surface area (Å²) in [6.45, 7) is 15.7. The Morgan fingerprint density at radius 3 is 0.700 bits per heavy atom. The Bertz CT molecular complexity index is 2790. The van der Waals surface area contributed by atoms with Crippen molar-refractivity contribution in [2.45, 2.75) is 130 Å². The second kappa shape index (κ2) is 18.5. The highest BCUT2D eigenvalue weighted by atomic mass is 16.2. The van der Waals surface area contributed by atoms with Gasteiger partial charge in [-0.1, -0.05) is 87.1 Å². The Hall–Kier alpha value is -7.34. The monoisotopic (exact) mass is 938 g/mol. The van der Waals surface area contributed by atoms with Crippen LogP contribution < -0.4 is 32.1 Å². The molecule has 0 atom stereocenters. The van der Waals surface area contributed by atoms with E-state index >= 15 is 0 Å². The average molecular weight is 939 g/mol. The van der Waals surface area contributed by atoms with E-state index in [1.165, 1.54) is 24.3 Å². The lowest BCUT2D eigenvalue weighted by molar-refractivity contribution is 0.0998. The molecule has 70 heavy (non-hydrogen) atoms. The molecule has 360 valence electrons. The van der Waals surface area contributed by atoms with Gasteiger partial charge in [0.25, 0.3) is 23.6 Å². The van der Waals surface area contributed by atoms with Crippen LogP contribution in [0.15, 0.2) is 82.4 Å². The lowest BCUT2D eigenvalue weighted by atomic mass is 9.64. The van der Waals surface area contributed by atoms with Gasteiger partial charge in [0.1, 0.15) is 22.8 Å². The molecular formula is C58H62N6O6. The van der Waals surface area contributed by atoms with E-state index in [4.69, 9.17) is 0 Å². The number of carbonyl (C=O) groups excluding carboxylic acids is 4. The fourth-order valence-corrected chi connectivity index (χ4v) is 11.8. The van der Waals surface area contributed by atoms with E-state index in [1.54, 1.807) is 0 Å². The summed E-state index contributed by atoms with van der Waals surface area (Å²) < 4.78 is 0. The van der Waals surface area contributed by atoms with Gasteiger partial charge in [-0.2, -0.15) is 0 Å². The lowest BCUT2D eigenvalue weighted by Crippen LogP contribution is -2.31. The van der Waals surface area contributed by atoms with Crippen LogP contribution in [0.2, 0.25) is 0 Å². The highest BCUT2D eigenvalue weighted by Gasteiger charge is 2.39. The molecule has 12 nitrogen and oxygen atoms in total. The van der Waals surface area contributed by atoms with Crippen LogP contribution in [0.25, 0.3) is 0 Å². The summed E-state index contributed by atoms with van der Waals surface area (Å²) in [4.78, 5) is 88.3. The molecule has 4 amide bonds. The number of benzene rings is 4. The molecule has 6 aromatic rings. The number of hydrogen-bond donors (Lipinski definition) is 6. The zero-order chi connectivity index (χ0) is 49.8. The number of pyridine rings is 2. The third-order valence-corrected chi connectivity index (χ3v) is 15.4. The summed E-state index contributed by atoms with van der Waals surface area (Å²) in [6.07, 6.45) is 9.94. The molecular weight excluding hydrogens is 877 g/mol. The van der Waals surface area contributed by atoms with Gasteiger partial charge in [-0.3, -0.25) is 28.8 Å². The Morgan fingerprint density at radius 1 is 0.300 bits per heavy atom. The maximum absolute atomic E-state index is 14.0. The van der Waals surface area contributed by atoms with Gasteiger partial charge in [-0.15, -0.1) is 0 Å². The SMILES string of the molecule is Cc1cc2cc(C)c1NC(=O)c1cc(=O)cc([nH]1)C(=O)Nc1c(C)cc(cc1C)C1(CCCCC1)c1cc(C)c(c(C)c1)NC(=O)c1cc(=O)cc([nH]1)C(=O)Nc1c(C)cc(cc1C)C21CCCCC1. The Labute approximate surface area is 408 Å². The first-order chi connectivity index (χ1) is 33.3. The van der Waals surface area contributed by atoms with Gasteiger partial charge in [0.2, 0.25) is 0 Å². The first-order valence-electron chi connectivity index (χ1n) is 24.6. The van der Waals surface area contributed by atoms with Gasteiger partial charge >= 0.3 is 0 Å². The molecule has 0 unspecified atom stereocenters. The molecule has 2 aliphatic carbocycles. The van der Waals surface area contributed by atoms with Crippen molar-refractivity contribution < 1.29 is 19.2 Å². The largest absolute Gasteiger partial charge is 0.346 e. The van der Waals surface area contributed by atoms with Crippen molar-refractivity contribution in [3.63, 3.8) is 0 Å². The van der Waals surface area contributed by atoms with Crippen LogP contribution in [0.5, 0.6) is 0 Å². The van der Waals surface area contributed by atoms with Crippen LogP contribution in [0, 0.1) is 55.4 Å². The number of aryl methyl sites for hydroxylation is 8. The van der Waals surface area contributed by atoms with Crippen molar-refractivity contribution in [2.75, 3.05) is 21.3 Å². The quantitative estimate of drug-likeness (QED) is 0.0881. The topological polar surface area (TPSA) is 182 Å². The van der Waals surface area contributed by atoms with Crippen molar-refractivity contribution in [1.29, 1.82) is 0 Å². The number of carbonyl (C=O) groups is 4. The van der Waals surface area contributed by atoms with Crippen molar-refractivity contribution in [3.05, 3.63) is 183 Å². The van der Waals surface area contributed by atoms with E-state index in [2.05, 4.69) is 79.8 Å². The summed E-state index contributed by atoms with van der Waals surface area (Å²) in [6, 6.07) is 21.9. The highest BCUT2D eigenvalue weighted by Crippen LogP contribution is 2.49.